The number of benzene rings is 1. The first-order valence-electron chi connectivity index (χ1n) is 5.51. The van der Waals surface area contributed by atoms with Crippen LogP contribution in [0.3, 0.4) is 0 Å². The van der Waals surface area contributed by atoms with Gasteiger partial charge in [-0.3, -0.25) is 4.68 Å². The summed E-state index contributed by atoms with van der Waals surface area (Å²) in [4.78, 5) is 11.2. The number of para-hydroxylation sites is 1. The third kappa shape index (κ3) is 1.79. The predicted octanol–water partition coefficient (Wildman–Crippen LogP) is 3.18. The van der Waals surface area contributed by atoms with Gasteiger partial charge in [-0.05, 0) is 12.1 Å². The summed E-state index contributed by atoms with van der Waals surface area (Å²) >= 11 is 6.04. The molecule has 0 amide bonds. The maximum Gasteiger partial charge on any atom is 0.339 e. The van der Waals surface area contributed by atoms with Crippen molar-refractivity contribution in [3.63, 3.8) is 0 Å². The van der Waals surface area contributed by atoms with Gasteiger partial charge in [-0.2, -0.15) is 5.10 Å². The lowest BCUT2D eigenvalue weighted by Crippen LogP contribution is -1.99. The number of aromatic nitrogens is 2. The molecule has 5 nitrogen and oxygen atoms in total. The molecule has 0 aliphatic rings. The first-order valence-corrected chi connectivity index (χ1v) is 5.89. The third-order valence-corrected chi connectivity index (χ3v) is 3.20. The Bertz CT molecular complexity index is 788. The fourth-order valence-corrected chi connectivity index (χ4v) is 2.25. The van der Waals surface area contributed by atoms with E-state index in [1.165, 1.54) is 10.9 Å². The Morgan fingerprint density at radius 1 is 1.47 bits per heavy atom. The fourth-order valence-electron chi connectivity index (χ4n) is 2.03. The highest BCUT2D eigenvalue weighted by atomic mass is 35.5. The smallest absolute Gasteiger partial charge is 0.339 e. The van der Waals surface area contributed by atoms with E-state index in [9.17, 15) is 4.79 Å². The minimum absolute atomic E-state index is 0.0951. The molecule has 1 N–H and O–H groups in total. The number of aryl methyl sites for hydroxylation is 1. The minimum atomic E-state index is -1.05. The van der Waals surface area contributed by atoms with Crippen LogP contribution >= 0.6 is 11.6 Å². The Morgan fingerprint density at radius 2 is 2.26 bits per heavy atom. The molecule has 3 rings (SSSR count). The largest absolute Gasteiger partial charge is 0.478 e. The topological polar surface area (TPSA) is 68.3 Å². The second-order valence-electron chi connectivity index (χ2n) is 4.10. The molecule has 0 aliphatic carbocycles. The SMILES string of the molecule is Cn1ncc(C(=O)O)c1-c1cc2cccc(Cl)c2o1. The molecule has 0 atom stereocenters. The van der Waals surface area contributed by atoms with Gasteiger partial charge in [-0.25, -0.2) is 4.79 Å². The van der Waals surface area contributed by atoms with Crippen molar-refractivity contribution in [2.75, 3.05) is 0 Å². The van der Waals surface area contributed by atoms with E-state index >= 15 is 0 Å². The second kappa shape index (κ2) is 4.13. The van der Waals surface area contributed by atoms with Crippen LogP contribution in [0.25, 0.3) is 22.4 Å². The highest BCUT2D eigenvalue weighted by Crippen LogP contribution is 2.33. The Hall–Kier alpha value is -2.27. The van der Waals surface area contributed by atoms with Crippen LogP contribution in [0.4, 0.5) is 0 Å². The van der Waals surface area contributed by atoms with E-state index < -0.39 is 5.97 Å². The highest BCUT2D eigenvalue weighted by Gasteiger charge is 2.20. The van der Waals surface area contributed by atoms with Gasteiger partial charge in [-0.15, -0.1) is 0 Å². The minimum Gasteiger partial charge on any atom is -0.478 e. The van der Waals surface area contributed by atoms with Gasteiger partial charge in [0.1, 0.15) is 11.3 Å². The van der Waals surface area contributed by atoms with Crippen LogP contribution in [-0.2, 0) is 7.05 Å². The standard InChI is InChI=1S/C13H9ClN2O3/c1-16-11(8(6-15-16)13(17)18)10-5-7-3-2-4-9(14)12(7)19-10/h2-6H,1H3,(H,17,18). The highest BCUT2D eigenvalue weighted by molar-refractivity contribution is 6.34. The summed E-state index contributed by atoms with van der Waals surface area (Å²) in [7, 11) is 1.66. The average Bonchev–Trinajstić information content (AvgIpc) is 2.92. The number of hydrogen-bond acceptors (Lipinski definition) is 3. The fraction of sp³-hybridized carbons (Fsp3) is 0.0769. The molecule has 96 valence electrons. The summed E-state index contributed by atoms with van der Waals surface area (Å²) < 4.78 is 7.13. The Morgan fingerprint density at radius 3 is 2.95 bits per heavy atom. The number of halogens is 1. The van der Waals surface area contributed by atoms with Crippen LogP contribution in [0.15, 0.2) is 34.9 Å². The van der Waals surface area contributed by atoms with Crippen LogP contribution in [0.2, 0.25) is 5.02 Å². The summed E-state index contributed by atoms with van der Waals surface area (Å²) in [5.41, 5.74) is 1.05. The molecule has 1 aromatic carbocycles. The molecule has 0 spiro atoms. The lowest BCUT2D eigenvalue weighted by atomic mass is 10.2. The van der Waals surface area contributed by atoms with Crippen LogP contribution in [0, 0.1) is 0 Å². The molecule has 0 fully saturated rings. The lowest BCUT2D eigenvalue weighted by Gasteiger charge is -1.99. The number of carboxylic acid groups (broad SMARTS) is 1. The van der Waals surface area contributed by atoms with Gasteiger partial charge in [0.2, 0.25) is 0 Å². The Balaban J connectivity index is 2.28. The zero-order valence-electron chi connectivity index (χ0n) is 9.92. The van der Waals surface area contributed by atoms with Crippen LogP contribution in [0.1, 0.15) is 10.4 Å². The molecule has 2 aromatic heterocycles. The Kier molecular flexibility index (Phi) is 2.57. The molecule has 0 saturated carbocycles. The number of rotatable bonds is 2. The zero-order valence-corrected chi connectivity index (χ0v) is 10.7. The molecule has 6 heteroatoms. The van der Waals surface area contributed by atoms with Gasteiger partial charge >= 0.3 is 5.97 Å². The first kappa shape index (κ1) is 11.8. The van der Waals surface area contributed by atoms with Crippen molar-refractivity contribution in [3.05, 3.63) is 41.0 Å². The van der Waals surface area contributed by atoms with Crippen molar-refractivity contribution in [2.45, 2.75) is 0 Å². The van der Waals surface area contributed by atoms with Crippen molar-refractivity contribution in [1.29, 1.82) is 0 Å². The molecule has 19 heavy (non-hydrogen) atoms. The van der Waals surface area contributed by atoms with Gasteiger partial charge in [-0.1, -0.05) is 23.7 Å². The van der Waals surface area contributed by atoms with Gasteiger partial charge in [0.15, 0.2) is 11.3 Å². The quantitative estimate of drug-likeness (QED) is 0.780. The van der Waals surface area contributed by atoms with Gasteiger partial charge in [0, 0.05) is 12.4 Å². The number of fused-ring (bicyclic) bond motifs is 1. The number of carbonyl (C=O) groups is 1. The maximum atomic E-state index is 11.2. The first-order chi connectivity index (χ1) is 9.08. The summed E-state index contributed by atoms with van der Waals surface area (Å²) in [6, 6.07) is 7.14. The van der Waals surface area contributed by atoms with Crippen molar-refractivity contribution in [2.24, 2.45) is 7.05 Å². The van der Waals surface area contributed by atoms with E-state index in [1.807, 2.05) is 12.1 Å². The van der Waals surface area contributed by atoms with Crippen LogP contribution < -0.4 is 0 Å². The summed E-state index contributed by atoms with van der Waals surface area (Å²) in [6.07, 6.45) is 1.30. The van der Waals surface area contributed by atoms with E-state index in [2.05, 4.69) is 5.10 Å². The Labute approximate surface area is 113 Å². The molecule has 0 bridgehead atoms. The van der Waals surface area contributed by atoms with E-state index in [4.69, 9.17) is 21.1 Å². The maximum absolute atomic E-state index is 11.2. The van der Waals surface area contributed by atoms with Crippen molar-refractivity contribution in [3.8, 4) is 11.5 Å². The molecule has 0 unspecified atom stereocenters. The number of hydrogen-bond donors (Lipinski definition) is 1. The molecule has 0 radical (unpaired) electrons. The zero-order chi connectivity index (χ0) is 13.6. The van der Waals surface area contributed by atoms with Crippen molar-refractivity contribution >= 4 is 28.5 Å². The van der Waals surface area contributed by atoms with Gasteiger partial charge < -0.3 is 9.52 Å². The van der Waals surface area contributed by atoms with Crippen molar-refractivity contribution in [1.82, 2.24) is 9.78 Å². The second-order valence-corrected chi connectivity index (χ2v) is 4.51. The molecular formula is C13H9ClN2O3. The summed E-state index contributed by atoms with van der Waals surface area (Å²) in [5.74, 6) is -0.616. The number of furan rings is 1. The molecule has 0 aliphatic heterocycles. The molecular weight excluding hydrogens is 268 g/mol. The molecule has 3 aromatic rings. The molecule has 0 saturated heterocycles. The van der Waals surface area contributed by atoms with E-state index in [0.29, 0.717) is 22.1 Å². The normalized spacial score (nSPS) is 11.1. The lowest BCUT2D eigenvalue weighted by molar-refractivity contribution is 0.0697. The van der Waals surface area contributed by atoms with E-state index in [1.54, 1.807) is 19.2 Å². The van der Waals surface area contributed by atoms with E-state index in [-0.39, 0.29) is 5.56 Å². The predicted molar refractivity (Wildman–Crippen MR) is 70.4 cm³/mol. The van der Waals surface area contributed by atoms with Crippen LogP contribution in [0.5, 0.6) is 0 Å². The summed E-state index contributed by atoms with van der Waals surface area (Å²) in [5, 5.41) is 14.4. The van der Waals surface area contributed by atoms with E-state index in [0.717, 1.165) is 5.39 Å². The number of aromatic carboxylic acids is 1. The van der Waals surface area contributed by atoms with Gasteiger partial charge in [0.25, 0.3) is 0 Å². The van der Waals surface area contributed by atoms with Crippen molar-refractivity contribution < 1.29 is 14.3 Å². The van der Waals surface area contributed by atoms with Crippen LogP contribution in [-0.4, -0.2) is 20.9 Å². The third-order valence-electron chi connectivity index (χ3n) is 2.90. The van der Waals surface area contributed by atoms with Gasteiger partial charge in [0.05, 0.1) is 11.2 Å². The number of carboxylic acids is 1. The number of nitrogens with zero attached hydrogens (tertiary/aromatic N) is 2. The molecule has 2 heterocycles. The monoisotopic (exact) mass is 276 g/mol. The summed E-state index contributed by atoms with van der Waals surface area (Å²) in [6.45, 7) is 0. The average molecular weight is 277 g/mol.